The number of carbonyl (C=O) groups is 1. The highest BCUT2D eigenvalue weighted by atomic mass is 127. The van der Waals surface area contributed by atoms with Gasteiger partial charge in [-0.2, -0.15) is 4.99 Å². The quantitative estimate of drug-likeness (QED) is 0.312. The second-order valence-electron chi connectivity index (χ2n) is 4.99. The molecule has 2 aliphatic rings. The summed E-state index contributed by atoms with van der Waals surface area (Å²) in [4.78, 5) is 20.8. The Morgan fingerprint density at radius 3 is 2.64 bits per heavy atom. The number of nitrogens with one attached hydrogen (secondary N) is 1. The number of ether oxygens (including phenoxy) is 1. The first kappa shape index (κ1) is 19.1. The van der Waals surface area contributed by atoms with E-state index >= 15 is 0 Å². The number of hydrogen-bond donors (Lipinski definition) is 4. The molecule has 2 rings (SSSR count). The lowest BCUT2D eigenvalue weighted by atomic mass is 10.3. The van der Waals surface area contributed by atoms with Gasteiger partial charge < -0.3 is 54.5 Å². The van der Waals surface area contributed by atoms with Gasteiger partial charge in [-0.1, -0.05) is 0 Å². The summed E-state index contributed by atoms with van der Waals surface area (Å²) < 4.78 is 5.38. The number of guanidine groups is 1. The third-order valence-electron chi connectivity index (χ3n) is 3.53. The Balaban J connectivity index is 0.00000242. The van der Waals surface area contributed by atoms with Crippen LogP contribution in [-0.2, 0) is 9.53 Å². The molecule has 0 aromatic carbocycles. The van der Waals surface area contributed by atoms with Crippen LogP contribution in [0.2, 0.25) is 0 Å². The van der Waals surface area contributed by atoms with Crippen LogP contribution in [0.1, 0.15) is 6.92 Å². The number of nitrogens with two attached hydrogens (primary N) is 1. The number of likely N-dealkylation sites (N-methyl/N-ethyl adjacent to an activating group) is 2. The average Bonchev–Trinajstić information content (AvgIpc) is 2.77. The van der Waals surface area contributed by atoms with Gasteiger partial charge in [0, 0.05) is 7.05 Å². The van der Waals surface area contributed by atoms with Crippen molar-refractivity contribution >= 4 is 11.9 Å². The van der Waals surface area contributed by atoms with Gasteiger partial charge in [-0.15, -0.1) is 0 Å². The largest absolute Gasteiger partial charge is 1.00 e. The minimum Gasteiger partial charge on any atom is -1.00 e. The first-order valence-corrected chi connectivity index (χ1v) is 6.82. The van der Waals surface area contributed by atoms with Crippen LogP contribution in [-0.4, -0.2) is 78.2 Å². The van der Waals surface area contributed by atoms with E-state index in [1.54, 1.807) is 16.8 Å². The third kappa shape index (κ3) is 3.51. The summed E-state index contributed by atoms with van der Waals surface area (Å²) in [5, 5.41) is 18.0. The lowest BCUT2D eigenvalue weighted by Crippen LogP contribution is -3.19. The Kier molecular flexibility index (Phi) is 6.99. The van der Waals surface area contributed by atoms with Crippen LogP contribution < -0.4 is 34.6 Å². The van der Waals surface area contributed by atoms with E-state index in [0.717, 1.165) is 0 Å². The second-order valence-corrected chi connectivity index (χ2v) is 4.99. The normalized spacial score (nSPS) is 21.2. The Hall–Kier alpha value is -0.950. The first-order chi connectivity index (χ1) is 10.0. The molecule has 0 bridgehead atoms. The summed E-state index contributed by atoms with van der Waals surface area (Å²) in [5.74, 6) is 0.611. The van der Waals surface area contributed by atoms with Gasteiger partial charge in [0.25, 0.3) is 0 Å². The van der Waals surface area contributed by atoms with Gasteiger partial charge in [-0.05, 0) is 6.92 Å². The lowest BCUT2D eigenvalue weighted by molar-refractivity contribution is -0.719. The fraction of sp³-hybridized carbons (Fsp3) is 0.667. The van der Waals surface area contributed by atoms with E-state index < -0.39 is 6.10 Å². The van der Waals surface area contributed by atoms with Gasteiger partial charge in [0.05, 0.1) is 26.4 Å². The first-order valence-electron chi connectivity index (χ1n) is 6.82. The highest BCUT2D eigenvalue weighted by molar-refractivity contribution is 5.96. The van der Waals surface area contributed by atoms with Crippen molar-refractivity contribution in [1.29, 1.82) is 0 Å². The molecule has 126 valence electrons. The van der Waals surface area contributed by atoms with Crippen LogP contribution in [0.15, 0.2) is 16.5 Å². The van der Waals surface area contributed by atoms with Crippen LogP contribution in [0.25, 0.3) is 0 Å². The van der Waals surface area contributed by atoms with Crippen LogP contribution in [0.3, 0.4) is 0 Å². The molecule has 10 heteroatoms. The molecular weight excluding hydrogens is 405 g/mol. The highest BCUT2D eigenvalue weighted by Crippen LogP contribution is 2.24. The van der Waals surface area contributed by atoms with E-state index in [1.165, 1.54) is 0 Å². The molecular formula is C12H22IN5O4. The van der Waals surface area contributed by atoms with Gasteiger partial charge in [-0.3, -0.25) is 0 Å². The second kappa shape index (κ2) is 8.06. The number of aliphatic hydroxyl groups excluding tert-OH is 2. The van der Waals surface area contributed by atoms with Crippen LogP contribution in [0, 0.1) is 0 Å². The number of aliphatic imine (C=N–C) groups is 1. The number of hydrogen-bond acceptors (Lipinski definition) is 8. The van der Waals surface area contributed by atoms with Crippen molar-refractivity contribution in [3.8, 4) is 0 Å². The molecule has 1 unspecified atom stereocenters. The Morgan fingerprint density at radius 2 is 2.09 bits per heavy atom. The topological polar surface area (TPSA) is 116 Å². The maximum atomic E-state index is 12.4. The van der Waals surface area contributed by atoms with E-state index in [0.29, 0.717) is 29.6 Å². The smallest absolute Gasteiger partial charge is 0.371 e. The zero-order valence-corrected chi connectivity index (χ0v) is 14.8. The zero-order valence-electron chi connectivity index (χ0n) is 12.6. The predicted molar refractivity (Wildman–Crippen MR) is 73.5 cm³/mol. The van der Waals surface area contributed by atoms with Crippen LogP contribution >= 0.6 is 0 Å². The van der Waals surface area contributed by atoms with E-state index in [9.17, 15) is 4.79 Å². The van der Waals surface area contributed by atoms with Crippen molar-refractivity contribution in [3.63, 3.8) is 0 Å². The third-order valence-corrected chi connectivity index (χ3v) is 3.53. The standard InChI is InChI=1S/C12H21N5O4.HI/c1-3-17-11(20)9-10(14-12(17)13)16(6-15(9)2)7-21-8(4-18)5-19;/h8,18-19H,3-7H2,1-2H3,(H2,13,14);1H. The van der Waals surface area contributed by atoms with Crippen LogP contribution in [0.4, 0.5) is 0 Å². The number of rotatable bonds is 6. The summed E-state index contributed by atoms with van der Waals surface area (Å²) in [6, 6.07) is 0. The molecule has 2 aliphatic heterocycles. The molecule has 0 spiro atoms. The van der Waals surface area contributed by atoms with Crippen molar-refractivity contribution in [2.45, 2.75) is 13.0 Å². The van der Waals surface area contributed by atoms with Gasteiger partial charge in [0.15, 0.2) is 11.5 Å². The van der Waals surface area contributed by atoms with Gasteiger partial charge in [0.2, 0.25) is 0 Å². The summed E-state index contributed by atoms with van der Waals surface area (Å²) in [5.41, 5.74) is 6.35. The zero-order chi connectivity index (χ0) is 15.6. The molecule has 0 aromatic heterocycles. The maximum absolute atomic E-state index is 12.4. The molecule has 0 radical (unpaired) electrons. The van der Waals surface area contributed by atoms with Gasteiger partial charge in [-0.25, -0.2) is 9.69 Å². The lowest BCUT2D eigenvalue weighted by Gasteiger charge is -2.23. The van der Waals surface area contributed by atoms with E-state index in [1.807, 2.05) is 6.92 Å². The number of amides is 1. The molecule has 0 saturated heterocycles. The molecule has 5 N–H and O–H groups in total. The Labute approximate surface area is 146 Å². The molecule has 0 aliphatic carbocycles. The van der Waals surface area contributed by atoms with Crippen molar-refractivity contribution in [2.75, 3.05) is 40.2 Å². The van der Waals surface area contributed by atoms with Gasteiger partial charge >= 0.3 is 11.9 Å². The fourth-order valence-corrected chi connectivity index (χ4v) is 2.36. The number of aliphatic hydroxyl groups is 2. The SMILES string of the molecule is CC[NH+]1C(=O)C2=C(N=C1N)N(COC(CO)CO)CN2C.[I-]. The summed E-state index contributed by atoms with van der Waals surface area (Å²) in [6.07, 6.45) is -0.654. The molecule has 1 atom stereocenters. The monoisotopic (exact) mass is 427 g/mol. The minimum absolute atomic E-state index is 0. The summed E-state index contributed by atoms with van der Waals surface area (Å²) in [6.45, 7) is 2.40. The van der Waals surface area contributed by atoms with Crippen molar-refractivity contribution in [1.82, 2.24) is 9.80 Å². The van der Waals surface area contributed by atoms with E-state index in [4.69, 9.17) is 20.7 Å². The minimum atomic E-state index is -0.654. The Morgan fingerprint density at radius 1 is 1.45 bits per heavy atom. The molecule has 9 nitrogen and oxygen atoms in total. The van der Waals surface area contributed by atoms with Gasteiger partial charge in [0.1, 0.15) is 12.8 Å². The van der Waals surface area contributed by atoms with Crippen LogP contribution in [0.5, 0.6) is 0 Å². The summed E-state index contributed by atoms with van der Waals surface area (Å²) >= 11 is 0. The number of quaternary nitrogens is 1. The fourth-order valence-electron chi connectivity index (χ4n) is 2.36. The molecule has 22 heavy (non-hydrogen) atoms. The predicted octanol–water partition coefficient (Wildman–Crippen LogP) is -6.55. The molecule has 0 aromatic rings. The van der Waals surface area contributed by atoms with Crippen molar-refractivity contribution < 1.29 is 48.6 Å². The Bertz CT molecular complexity index is 480. The van der Waals surface area contributed by atoms with Crippen molar-refractivity contribution in [2.24, 2.45) is 10.7 Å². The number of nitrogens with zero attached hydrogens (tertiary/aromatic N) is 3. The maximum Gasteiger partial charge on any atom is 0.371 e. The molecule has 0 fully saturated rings. The van der Waals surface area contributed by atoms with E-state index in [2.05, 4.69) is 4.99 Å². The van der Waals surface area contributed by atoms with Crippen molar-refractivity contribution in [3.05, 3.63) is 11.5 Å². The number of carbonyl (C=O) groups excluding carboxylic acids is 1. The molecule has 2 heterocycles. The highest BCUT2D eigenvalue weighted by Gasteiger charge is 2.42. The summed E-state index contributed by atoms with van der Waals surface area (Å²) in [7, 11) is 1.80. The average molecular weight is 427 g/mol. The van der Waals surface area contributed by atoms with E-state index in [-0.39, 0.29) is 55.8 Å². The molecule has 1 amide bonds. The number of halogens is 1. The molecule has 0 saturated carbocycles.